The Morgan fingerprint density at radius 3 is 2.30 bits per heavy atom. The third kappa shape index (κ3) is 7.50. The van der Waals surface area contributed by atoms with E-state index in [-0.39, 0.29) is 13.0 Å². The number of halogens is 1. The van der Waals surface area contributed by atoms with Crippen LogP contribution in [0.1, 0.15) is 17.4 Å². The number of para-hydroxylation sites is 1. The van der Waals surface area contributed by atoms with Crippen LogP contribution >= 0.6 is 23.4 Å². The van der Waals surface area contributed by atoms with Crippen LogP contribution in [0.4, 0.5) is 11.4 Å². The van der Waals surface area contributed by atoms with Crippen molar-refractivity contribution in [2.45, 2.75) is 16.2 Å². The monoisotopic (exact) mass is 497 g/mol. The van der Waals surface area contributed by atoms with Crippen LogP contribution in [0, 0.1) is 0 Å². The first kappa shape index (κ1) is 16.2. The first-order valence-corrected chi connectivity index (χ1v) is 11.0. The Labute approximate surface area is 214 Å². The molecule has 2 aromatic rings. The van der Waals surface area contributed by atoms with E-state index in [1.54, 1.807) is 11.8 Å². The molecule has 0 saturated carbocycles. The van der Waals surface area contributed by atoms with Gasteiger partial charge in [0, 0.05) is 70.5 Å². The molecule has 0 aliphatic carbocycles. The van der Waals surface area contributed by atoms with E-state index in [1.807, 2.05) is 47.4 Å². The number of piperazine rings is 1. The highest BCUT2D eigenvalue weighted by Crippen LogP contribution is 2.48. The summed E-state index contributed by atoms with van der Waals surface area (Å²) in [7, 11) is 1.07. The molecule has 176 valence electrons. The van der Waals surface area contributed by atoms with Gasteiger partial charge in [-0.3, -0.25) is 0 Å². The number of rotatable bonds is 6. The molecule has 4 rings (SSSR count). The van der Waals surface area contributed by atoms with Crippen LogP contribution in [-0.4, -0.2) is 78.1 Å². The zero-order valence-electron chi connectivity index (χ0n) is 25.7. The predicted octanol–water partition coefficient (Wildman–Crippen LogP) is 4.29. The van der Waals surface area contributed by atoms with E-state index in [0.29, 0.717) is 33.5 Å². The number of carboxylic acid groups (broad SMARTS) is 2. The lowest BCUT2D eigenvalue weighted by Gasteiger charge is -2.35. The fourth-order valence-corrected chi connectivity index (χ4v) is 4.25. The smallest absolute Gasteiger partial charge is 0.328 e. The van der Waals surface area contributed by atoms with E-state index in [4.69, 9.17) is 32.8 Å². The summed E-state index contributed by atoms with van der Waals surface area (Å²) in [5.41, 5.74) is 1.84. The van der Waals surface area contributed by atoms with Gasteiger partial charge in [0.05, 0.1) is 11.4 Å². The average Bonchev–Trinajstić information content (AvgIpc) is 2.88. The lowest BCUT2D eigenvalue weighted by atomic mass is 10.2. The molecule has 7 nitrogen and oxygen atoms in total. The lowest BCUT2D eigenvalue weighted by molar-refractivity contribution is -0.134. The maximum atomic E-state index is 9.55. The van der Waals surface area contributed by atoms with E-state index < -0.39 is 37.9 Å². The second-order valence-electron chi connectivity index (χ2n) is 6.85. The second-order valence-corrected chi connectivity index (χ2v) is 8.37. The number of anilines is 2. The molecular weight excluding hydrogens is 462 g/mol. The van der Waals surface area contributed by atoms with Crippen LogP contribution in [-0.2, 0) is 9.59 Å². The summed E-state index contributed by atoms with van der Waals surface area (Å²) < 4.78 is 66.2. The van der Waals surface area contributed by atoms with Gasteiger partial charge in [0.25, 0.3) is 0 Å². The van der Waals surface area contributed by atoms with Crippen molar-refractivity contribution < 1.29 is 30.8 Å². The topological polar surface area (TPSA) is 84.3 Å². The van der Waals surface area contributed by atoms with E-state index in [2.05, 4.69) is 0 Å². The number of likely N-dealkylation sites (N-methyl/N-ethyl adjacent to an activating group) is 1. The highest BCUT2D eigenvalue weighted by Gasteiger charge is 2.23. The zero-order chi connectivity index (χ0) is 31.0. The van der Waals surface area contributed by atoms with Crippen molar-refractivity contribution in [1.29, 1.82) is 0 Å². The number of hydrogen-bond acceptors (Lipinski definition) is 6. The third-order valence-electron chi connectivity index (χ3n) is 4.43. The molecule has 2 aliphatic heterocycles. The molecule has 0 aromatic heterocycles. The van der Waals surface area contributed by atoms with E-state index >= 15 is 0 Å². The zero-order valence-corrected chi connectivity index (χ0v) is 19.2. The van der Waals surface area contributed by atoms with E-state index in [9.17, 15) is 9.59 Å². The van der Waals surface area contributed by atoms with Gasteiger partial charge in [-0.25, -0.2) is 9.59 Å². The molecule has 2 N–H and O–H groups in total. The fourth-order valence-electron chi connectivity index (χ4n) is 3.01. The van der Waals surface area contributed by atoms with Crippen LogP contribution in [0.2, 0.25) is 5.02 Å². The molecule has 2 aliphatic rings. The molecule has 0 atom stereocenters. The summed E-state index contributed by atoms with van der Waals surface area (Å²) in [6, 6.07) is 13.4. The summed E-state index contributed by atoms with van der Waals surface area (Å²) >= 11 is 7.87. The Hall–Kier alpha value is -2.52. The molecule has 9 heteroatoms. The minimum atomic E-state index is -2.76. The van der Waals surface area contributed by atoms with Crippen LogP contribution in [0.5, 0.6) is 0 Å². The Morgan fingerprint density at radius 1 is 1.00 bits per heavy atom. The molecule has 0 spiro atoms. The van der Waals surface area contributed by atoms with Gasteiger partial charge in [-0.15, -0.1) is 0 Å². The predicted molar refractivity (Wildman–Crippen MR) is 132 cm³/mol. The number of nitrogens with zero attached hydrogens (tertiary/aromatic N) is 3. The molecule has 0 radical (unpaired) electrons. The van der Waals surface area contributed by atoms with Gasteiger partial charge >= 0.3 is 11.9 Å². The van der Waals surface area contributed by atoms with Gasteiger partial charge in [-0.05, 0) is 50.3 Å². The number of hydrogen-bond donors (Lipinski definition) is 2. The van der Waals surface area contributed by atoms with Crippen molar-refractivity contribution in [1.82, 2.24) is 9.80 Å². The summed E-state index contributed by atoms with van der Waals surface area (Å²) in [6.07, 6.45) is 1.38. The molecule has 33 heavy (non-hydrogen) atoms. The molecule has 1 fully saturated rings. The van der Waals surface area contributed by atoms with Gasteiger partial charge < -0.3 is 24.9 Å². The highest BCUT2D eigenvalue weighted by atomic mass is 35.5. The summed E-state index contributed by atoms with van der Waals surface area (Å²) in [5.74, 6) is -2.51. The van der Waals surface area contributed by atoms with Crippen molar-refractivity contribution >= 4 is 46.7 Å². The molecule has 2 aromatic carbocycles. The van der Waals surface area contributed by atoms with Crippen LogP contribution in [0.25, 0.3) is 0 Å². The molecule has 1 saturated heterocycles. The SMILES string of the molecule is O=C(O)/C=C\C(=O)O.[2H]C1([2H])N(C)C([2H])([2H])C([2H])([2H])N(CCCN2c3ccccc3Sc3ccc(Cl)cc32)C1([2H])[2H]. The van der Waals surface area contributed by atoms with Gasteiger partial charge in [0.15, 0.2) is 0 Å². The molecule has 0 bridgehead atoms. The van der Waals surface area contributed by atoms with Crippen molar-refractivity contribution in [3.63, 3.8) is 0 Å². The first-order chi connectivity index (χ1) is 18.9. The van der Waals surface area contributed by atoms with Crippen LogP contribution in [0.15, 0.2) is 64.4 Å². The molecule has 0 amide bonds. The Morgan fingerprint density at radius 2 is 1.64 bits per heavy atom. The van der Waals surface area contributed by atoms with Crippen molar-refractivity contribution in [3.05, 3.63) is 59.6 Å². The van der Waals surface area contributed by atoms with Crippen LogP contribution in [0.3, 0.4) is 0 Å². The Balaban J connectivity index is 0.000000507. The minimum absolute atomic E-state index is 0.186. The van der Waals surface area contributed by atoms with Crippen molar-refractivity contribution in [3.8, 4) is 0 Å². The Kier molecular flexibility index (Phi) is 5.92. The summed E-state index contributed by atoms with van der Waals surface area (Å²) in [5, 5.41) is 16.2. The largest absolute Gasteiger partial charge is 0.478 e. The third-order valence-corrected chi connectivity index (χ3v) is 5.79. The number of benzene rings is 2. The van der Waals surface area contributed by atoms with E-state index in [0.717, 1.165) is 28.2 Å². The second kappa shape index (κ2) is 12.1. The maximum Gasteiger partial charge on any atom is 0.328 e. The molecular formula is C24H28ClN3O4S. The summed E-state index contributed by atoms with van der Waals surface area (Å²) in [4.78, 5) is 24.4. The molecule has 0 unspecified atom stereocenters. The fraction of sp³-hybridized carbons (Fsp3) is 0.333. The summed E-state index contributed by atoms with van der Waals surface area (Å²) in [6.45, 7) is -10.8. The maximum absolute atomic E-state index is 9.55. The standard InChI is InChI=1S/C20H24ClN3S.C4H4O4/c1-22-11-13-23(14-12-22)9-4-10-24-17-5-2-3-6-19(17)25-20-8-7-16(21)15-18(20)24;5-3(6)1-2-4(7)8/h2-3,5-8,15H,4,9-14H2,1H3;1-2H,(H,5,6)(H,7,8)/b;2-1-/i11D2,12D2,13D2,14D2;. The van der Waals surface area contributed by atoms with E-state index in [1.165, 1.54) is 0 Å². The number of fused-ring (bicyclic) bond motifs is 2. The van der Waals surface area contributed by atoms with Crippen LogP contribution < -0.4 is 4.90 Å². The average molecular weight is 498 g/mol. The van der Waals surface area contributed by atoms with Crippen molar-refractivity contribution in [2.24, 2.45) is 0 Å². The number of aliphatic carboxylic acids is 2. The first-order valence-electron chi connectivity index (χ1n) is 13.9. The minimum Gasteiger partial charge on any atom is -0.478 e. The Bertz CT molecular complexity index is 1300. The lowest BCUT2D eigenvalue weighted by Crippen LogP contribution is -2.45. The number of carbonyl (C=O) groups is 2. The molecule has 2 heterocycles. The van der Waals surface area contributed by atoms with Gasteiger partial charge in [0.2, 0.25) is 0 Å². The highest BCUT2D eigenvalue weighted by molar-refractivity contribution is 7.99. The normalized spacial score (nSPS) is 25.7. The van der Waals surface area contributed by atoms with Gasteiger partial charge in [0.1, 0.15) is 0 Å². The van der Waals surface area contributed by atoms with Crippen molar-refractivity contribution in [2.75, 3.05) is 51.0 Å². The number of carboxylic acids is 2. The van der Waals surface area contributed by atoms with Gasteiger partial charge in [-0.1, -0.05) is 35.5 Å². The quantitative estimate of drug-likeness (QED) is 0.572. The van der Waals surface area contributed by atoms with Gasteiger partial charge in [-0.2, -0.15) is 0 Å².